The first kappa shape index (κ1) is 14.7. The van der Waals surface area contributed by atoms with Gasteiger partial charge in [-0.2, -0.15) is 8.78 Å². The SMILES string of the molecule is CC(C)(C)NCc1c(OC(F)F)ccc2ccccc12. The lowest BCUT2D eigenvalue weighted by Gasteiger charge is -2.22. The van der Waals surface area contributed by atoms with E-state index in [0.717, 1.165) is 16.3 Å². The van der Waals surface area contributed by atoms with Gasteiger partial charge in [-0.1, -0.05) is 30.3 Å². The first-order valence-corrected chi connectivity index (χ1v) is 6.57. The number of halogens is 2. The van der Waals surface area contributed by atoms with Crippen LogP contribution in [0.15, 0.2) is 36.4 Å². The number of hydrogen-bond acceptors (Lipinski definition) is 2. The van der Waals surface area contributed by atoms with E-state index in [1.165, 1.54) is 0 Å². The van der Waals surface area contributed by atoms with Crippen LogP contribution < -0.4 is 10.1 Å². The second-order valence-corrected chi connectivity index (χ2v) is 5.75. The van der Waals surface area contributed by atoms with E-state index >= 15 is 0 Å². The highest BCUT2D eigenvalue weighted by atomic mass is 19.3. The Kier molecular flexibility index (Phi) is 4.23. The standard InChI is InChI=1S/C16H19F2NO/c1-16(2,3)19-10-13-12-7-5-4-6-11(12)8-9-14(13)20-15(17)18/h4-9,15,19H,10H2,1-3H3. The van der Waals surface area contributed by atoms with E-state index in [0.29, 0.717) is 6.54 Å². The van der Waals surface area contributed by atoms with E-state index in [2.05, 4.69) is 10.1 Å². The summed E-state index contributed by atoms with van der Waals surface area (Å²) in [7, 11) is 0. The molecule has 0 heterocycles. The highest BCUT2D eigenvalue weighted by Gasteiger charge is 2.15. The fourth-order valence-corrected chi connectivity index (χ4v) is 2.06. The molecule has 0 aliphatic carbocycles. The van der Waals surface area contributed by atoms with Crippen LogP contribution in [0.2, 0.25) is 0 Å². The molecule has 0 spiro atoms. The summed E-state index contributed by atoms with van der Waals surface area (Å²) in [5.74, 6) is 0.232. The van der Waals surface area contributed by atoms with Gasteiger partial charge < -0.3 is 10.1 Å². The van der Waals surface area contributed by atoms with E-state index in [1.807, 2.05) is 45.0 Å². The zero-order valence-corrected chi connectivity index (χ0v) is 11.9. The van der Waals surface area contributed by atoms with Crippen molar-refractivity contribution >= 4 is 10.8 Å². The minimum absolute atomic E-state index is 0.0982. The summed E-state index contributed by atoms with van der Waals surface area (Å²) in [6.07, 6.45) is 0. The Balaban J connectivity index is 2.44. The van der Waals surface area contributed by atoms with Crippen molar-refractivity contribution in [2.45, 2.75) is 39.5 Å². The maximum atomic E-state index is 12.5. The molecule has 108 valence electrons. The second kappa shape index (κ2) is 5.75. The fourth-order valence-electron chi connectivity index (χ4n) is 2.06. The van der Waals surface area contributed by atoms with Crippen LogP contribution >= 0.6 is 0 Å². The van der Waals surface area contributed by atoms with E-state index in [4.69, 9.17) is 0 Å². The van der Waals surface area contributed by atoms with Crippen LogP contribution in [0.25, 0.3) is 10.8 Å². The smallest absolute Gasteiger partial charge is 0.387 e. The molecule has 0 atom stereocenters. The largest absolute Gasteiger partial charge is 0.434 e. The molecule has 0 saturated carbocycles. The predicted octanol–water partition coefficient (Wildman–Crippen LogP) is 4.33. The van der Waals surface area contributed by atoms with Gasteiger partial charge in [0.2, 0.25) is 0 Å². The Bertz CT molecular complexity index is 591. The van der Waals surface area contributed by atoms with Crippen molar-refractivity contribution < 1.29 is 13.5 Å². The summed E-state index contributed by atoms with van der Waals surface area (Å²) in [4.78, 5) is 0. The first-order valence-electron chi connectivity index (χ1n) is 6.57. The summed E-state index contributed by atoms with van der Waals surface area (Å²) >= 11 is 0. The third-order valence-electron chi connectivity index (χ3n) is 3.01. The Morgan fingerprint density at radius 2 is 1.80 bits per heavy atom. The molecule has 0 saturated heterocycles. The molecule has 0 aromatic heterocycles. The predicted molar refractivity (Wildman–Crippen MR) is 77.2 cm³/mol. The summed E-state index contributed by atoms with van der Waals surface area (Å²) in [6, 6.07) is 11.1. The molecule has 20 heavy (non-hydrogen) atoms. The van der Waals surface area contributed by atoms with Crippen LogP contribution in [0.1, 0.15) is 26.3 Å². The van der Waals surface area contributed by atoms with Crippen LogP contribution in [0.3, 0.4) is 0 Å². The minimum atomic E-state index is -2.82. The van der Waals surface area contributed by atoms with Gasteiger partial charge in [-0.05, 0) is 37.6 Å². The lowest BCUT2D eigenvalue weighted by molar-refractivity contribution is -0.0504. The number of benzene rings is 2. The summed E-state index contributed by atoms with van der Waals surface area (Å²) in [5.41, 5.74) is 0.664. The van der Waals surface area contributed by atoms with Crippen molar-refractivity contribution in [3.63, 3.8) is 0 Å². The maximum absolute atomic E-state index is 12.5. The molecule has 0 radical (unpaired) electrons. The van der Waals surface area contributed by atoms with Crippen molar-refractivity contribution in [2.75, 3.05) is 0 Å². The second-order valence-electron chi connectivity index (χ2n) is 5.75. The summed E-state index contributed by atoms with van der Waals surface area (Å²) < 4.78 is 29.7. The number of nitrogens with one attached hydrogen (secondary N) is 1. The Morgan fingerprint density at radius 3 is 2.45 bits per heavy atom. The normalized spacial score (nSPS) is 12.1. The number of hydrogen-bond donors (Lipinski definition) is 1. The van der Waals surface area contributed by atoms with Crippen molar-refractivity contribution in [3.05, 3.63) is 42.0 Å². The average Bonchev–Trinajstić information content (AvgIpc) is 2.35. The first-order chi connectivity index (χ1) is 9.37. The molecule has 0 aliphatic rings. The van der Waals surface area contributed by atoms with Gasteiger partial charge in [-0.25, -0.2) is 0 Å². The van der Waals surface area contributed by atoms with Crippen LogP contribution in [0.4, 0.5) is 8.78 Å². The molecule has 4 heteroatoms. The van der Waals surface area contributed by atoms with Crippen LogP contribution in [0.5, 0.6) is 5.75 Å². The quantitative estimate of drug-likeness (QED) is 0.899. The number of alkyl halides is 2. The molecule has 0 fully saturated rings. The van der Waals surface area contributed by atoms with Gasteiger partial charge in [-0.3, -0.25) is 0 Å². The van der Waals surface area contributed by atoms with Gasteiger partial charge in [0.1, 0.15) is 5.75 Å². The number of ether oxygens (including phenoxy) is 1. The van der Waals surface area contributed by atoms with Gasteiger partial charge in [-0.15, -0.1) is 0 Å². The van der Waals surface area contributed by atoms with Gasteiger partial charge >= 0.3 is 6.61 Å². The van der Waals surface area contributed by atoms with Crippen LogP contribution in [-0.2, 0) is 6.54 Å². The topological polar surface area (TPSA) is 21.3 Å². The molecular weight excluding hydrogens is 260 g/mol. The molecule has 2 aromatic carbocycles. The fraction of sp³-hybridized carbons (Fsp3) is 0.375. The molecule has 0 amide bonds. The molecular formula is C16H19F2NO. The highest BCUT2D eigenvalue weighted by molar-refractivity contribution is 5.87. The molecule has 0 bridgehead atoms. The highest BCUT2D eigenvalue weighted by Crippen LogP contribution is 2.29. The van der Waals surface area contributed by atoms with Crippen molar-refractivity contribution in [1.29, 1.82) is 0 Å². The third-order valence-corrected chi connectivity index (χ3v) is 3.01. The summed E-state index contributed by atoms with van der Waals surface area (Å²) in [6.45, 7) is 3.76. The molecule has 2 rings (SSSR count). The molecule has 0 unspecified atom stereocenters. The van der Waals surface area contributed by atoms with Gasteiger partial charge in [0.15, 0.2) is 0 Å². The van der Waals surface area contributed by atoms with E-state index in [-0.39, 0.29) is 11.3 Å². The minimum Gasteiger partial charge on any atom is -0.434 e. The van der Waals surface area contributed by atoms with E-state index in [1.54, 1.807) is 12.1 Å². The Labute approximate surface area is 117 Å². The zero-order valence-electron chi connectivity index (χ0n) is 11.9. The van der Waals surface area contributed by atoms with Crippen molar-refractivity contribution in [3.8, 4) is 5.75 Å². The third kappa shape index (κ3) is 3.67. The lowest BCUT2D eigenvalue weighted by Crippen LogP contribution is -2.35. The Hall–Kier alpha value is -1.68. The number of rotatable bonds is 4. The van der Waals surface area contributed by atoms with Gasteiger partial charge in [0.05, 0.1) is 0 Å². The van der Waals surface area contributed by atoms with Crippen LogP contribution in [-0.4, -0.2) is 12.2 Å². The van der Waals surface area contributed by atoms with Gasteiger partial charge in [0.25, 0.3) is 0 Å². The molecule has 1 N–H and O–H groups in total. The van der Waals surface area contributed by atoms with E-state index < -0.39 is 6.61 Å². The molecule has 0 aliphatic heterocycles. The monoisotopic (exact) mass is 279 g/mol. The van der Waals surface area contributed by atoms with Crippen molar-refractivity contribution in [2.24, 2.45) is 0 Å². The Morgan fingerprint density at radius 1 is 1.10 bits per heavy atom. The van der Waals surface area contributed by atoms with E-state index in [9.17, 15) is 8.78 Å². The molecule has 2 aromatic rings. The zero-order chi connectivity index (χ0) is 14.8. The summed E-state index contributed by atoms with van der Waals surface area (Å²) in [5, 5.41) is 5.27. The average molecular weight is 279 g/mol. The maximum Gasteiger partial charge on any atom is 0.387 e. The van der Waals surface area contributed by atoms with Crippen molar-refractivity contribution in [1.82, 2.24) is 5.32 Å². The lowest BCUT2D eigenvalue weighted by atomic mass is 10.0. The number of fused-ring (bicyclic) bond motifs is 1. The molecule has 2 nitrogen and oxygen atoms in total. The van der Waals surface area contributed by atoms with Gasteiger partial charge in [0, 0.05) is 17.6 Å². The van der Waals surface area contributed by atoms with Crippen LogP contribution in [0, 0.1) is 0 Å².